The van der Waals surface area contributed by atoms with Crippen molar-refractivity contribution in [1.29, 1.82) is 0 Å². The van der Waals surface area contributed by atoms with Gasteiger partial charge in [-0.3, -0.25) is 10.0 Å². The fourth-order valence-corrected chi connectivity index (χ4v) is 14.3. The molecule has 0 spiro atoms. The van der Waals surface area contributed by atoms with Gasteiger partial charge in [0.05, 0.1) is 12.1 Å². The number of nitrogens with zero attached hydrogens (tertiary/aromatic N) is 8. The second kappa shape index (κ2) is 52.5. The van der Waals surface area contributed by atoms with E-state index in [-0.39, 0.29) is 28.9 Å². The Balaban J connectivity index is 0.000000413. The van der Waals surface area contributed by atoms with E-state index in [0.29, 0.717) is 11.1 Å². The van der Waals surface area contributed by atoms with E-state index in [4.69, 9.17) is 56.3 Å². The molecule has 2 aliphatic heterocycles. The van der Waals surface area contributed by atoms with Crippen molar-refractivity contribution in [2.75, 3.05) is 88.3 Å². The second-order valence-corrected chi connectivity index (χ2v) is 29.5. The van der Waals surface area contributed by atoms with Crippen LogP contribution in [0.15, 0.2) is 140 Å². The zero-order chi connectivity index (χ0) is 80.4. The van der Waals surface area contributed by atoms with Gasteiger partial charge in [0.25, 0.3) is 0 Å². The first kappa shape index (κ1) is 96.5. The van der Waals surface area contributed by atoms with Crippen LogP contribution in [0.4, 0.5) is 11.4 Å². The summed E-state index contributed by atoms with van der Waals surface area (Å²) in [6.07, 6.45) is 29.3. The van der Waals surface area contributed by atoms with Gasteiger partial charge in [0, 0.05) is 133 Å². The third kappa shape index (κ3) is 32.9. The summed E-state index contributed by atoms with van der Waals surface area (Å²) < 4.78 is 86.1. The Labute approximate surface area is 677 Å². The first-order valence-electron chi connectivity index (χ1n) is 41.1. The molecule has 4 aromatic rings. The summed E-state index contributed by atoms with van der Waals surface area (Å²) >= 11 is 0. The topological polar surface area (TPSA) is 301 Å². The van der Waals surface area contributed by atoms with Gasteiger partial charge in [0.2, 0.25) is 10.7 Å². The van der Waals surface area contributed by atoms with Gasteiger partial charge in [-0.25, -0.2) is 46.4 Å². The molecule has 2 aliphatic carbocycles. The molecule has 617 valence electrons. The first-order valence-corrected chi connectivity index (χ1v) is 43.6. The van der Waals surface area contributed by atoms with Crippen molar-refractivity contribution >= 4 is 45.1 Å². The molecule has 0 unspecified atom stereocenters. The Morgan fingerprint density at radius 3 is 0.901 bits per heavy atom. The number of benzene rings is 6. The SMILES string of the molecule is CCCCCCCCN(CCCCCCCC)/N=C(\[O-])c1ccccc1-c1c2ccc(=[N+](CC)CC)cc-2oc2cc(N(CC)CC)ccc12.CCCCCCCCN(CCCCCCCC)/N=C(\[O-])c1ccccc1-c1c2ccc(=[N+](CC)CC)cc-2oc2cc(N(CC)CC)ccc12.[Cu+2].[O-][Cl+3]([O-])([O-])[O-].[O-][Cl+3]([O-])([O-])[O-]. The van der Waals surface area contributed by atoms with Crippen LogP contribution < -0.4 is 77.2 Å². The number of hydrazone groups is 2. The summed E-state index contributed by atoms with van der Waals surface area (Å²) in [4.78, 5) is 4.67. The number of hydrogen-bond donors (Lipinski definition) is 0. The van der Waals surface area contributed by atoms with Crippen molar-refractivity contribution in [2.24, 2.45) is 10.2 Å². The predicted molar refractivity (Wildman–Crippen MR) is 426 cm³/mol. The molecule has 0 aromatic heterocycles. The molecule has 0 atom stereocenters. The maximum Gasteiger partial charge on any atom is 2.00 e. The van der Waals surface area contributed by atoms with Crippen LogP contribution in [0, 0.1) is 20.5 Å². The summed E-state index contributed by atoms with van der Waals surface area (Å²) in [5.74, 6) is 1.31. The van der Waals surface area contributed by atoms with Crippen LogP contribution in [0.2, 0.25) is 0 Å². The van der Waals surface area contributed by atoms with E-state index in [2.05, 4.69) is 197 Å². The zero-order valence-corrected chi connectivity index (χ0v) is 71.0. The van der Waals surface area contributed by atoms with Gasteiger partial charge in [-0.2, -0.15) is 10.2 Å². The summed E-state index contributed by atoms with van der Waals surface area (Å²) in [7, 11) is -9.89. The summed E-state index contributed by atoms with van der Waals surface area (Å²) in [6.45, 7) is 37.1. The molecule has 0 bridgehead atoms. The number of halogens is 2. The minimum Gasteiger partial charge on any atom is -0.857 e. The zero-order valence-electron chi connectivity index (χ0n) is 68.5. The van der Waals surface area contributed by atoms with Gasteiger partial charge >= 0.3 is 17.1 Å². The molecule has 111 heavy (non-hydrogen) atoms. The molecular formula is C88H128Cl2CuN8O12. The maximum atomic E-state index is 14.3. The largest absolute Gasteiger partial charge is 2.00 e. The van der Waals surface area contributed by atoms with Crippen LogP contribution in [0.3, 0.4) is 0 Å². The Hall–Kier alpha value is -6.82. The number of hydrogen-bond acceptors (Lipinski definition) is 18. The van der Waals surface area contributed by atoms with Crippen LogP contribution in [0.1, 0.15) is 248 Å². The molecule has 4 aliphatic rings. The summed E-state index contributed by atoms with van der Waals surface area (Å²) in [6, 6.07) is 42.1. The van der Waals surface area contributed by atoms with Gasteiger partial charge in [0.15, 0.2) is 0 Å². The van der Waals surface area contributed by atoms with Crippen molar-refractivity contribution < 1.29 is 93.9 Å². The smallest absolute Gasteiger partial charge is 0.857 e. The summed E-state index contributed by atoms with van der Waals surface area (Å²) in [5, 5.41) is 46.6. The number of rotatable bonds is 44. The Morgan fingerprint density at radius 1 is 0.342 bits per heavy atom. The molecule has 1 radical (unpaired) electrons. The molecule has 2 heterocycles. The van der Waals surface area contributed by atoms with Crippen molar-refractivity contribution in [2.45, 2.75) is 237 Å². The fraction of sp³-hybridized carbons (Fsp3) is 0.545. The van der Waals surface area contributed by atoms with Gasteiger partial charge in [0.1, 0.15) is 48.9 Å². The number of unbranched alkanes of at least 4 members (excludes halogenated alkanes) is 20. The monoisotopic (exact) mass is 1620 g/mol. The molecule has 0 saturated carbocycles. The summed E-state index contributed by atoms with van der Waals surface area (Å²) in [5.41, 5.74) is 11.0. The van der Waals surface area contributed by atoms with E-state index in [1.165, 1.54) is 128 Å². The standard InChI is InChI=1S/2C44H64N4O2.2ClHO4.Cu/c2*1-7-13-15-17-19-23-31-48(32-24-20-18-16-14-8-2)45-44(49)38-26-22-21-25-37(38)43-39-29-27-35(46(9-3)10-4)33-41(39)50-42-34-36(28-30-40(42)43)47(11-5)12-6;2*2-1(3,4)5;/h2*21-22,25-30,33-34H,7-20,23-24,31-32H2,1-6H3;2*(H,2,3,4,5);/q;;;;+2/p-2. The third-order valence-corrected chi connectivity index (χ3v) is 20.3. The molecule has 4 aromatic carbocycles. The fourth-order valence-electron chi connectivity index (χ4n) is 14.3. The molecule has 0 fully saturated rings. The molecule has 0 N–H and O–H groups in total. The predicted octanol–water partition coefficient (Wildman–Crippen LogP) is 10.3. The Bertz CT molecular complexity index is 3780. The van der Waals surface area contributed by atoms with E-state index in [1.54, 1.807) is 0 Å². The van der Waals surface area contributed by atoms with Gasteiger partial charge in [-0.1, -0.05) is 205 Å². The first-order chi connectivity index (χ1) is 53.0. The van der Waals surface area contributed by atoms with Crippen molar-refractivity contribution in [3.63, 3.8) is 0 Å². The van der Waals surface area contributed by atoms with E-state index < -0.39 is 20.5 Å². The van der Waals surface area contributed by atoms with E-state index in [1.807, 2.05) is 36.4 Å². The van der Waals surface area contributed by atoms with E-state index in [0.717, 1.165) is 193 Å². The maximum absolute atomic E-state index is 14.3. The molecule has 0 amide bonds. The van der Waals surface area contributed by atoms with Crippen LogP contribution in [-0.4, -0.2) is 100 Å². The number of anilines is 2. The molecule has 23 heteroatoms. The molecule has 8 rings (SSSR count). The van der Waals surface area contributed by atoms with E-state index in [9.17, 15) is 10.2 Å². The quantitative estimate of drug-likeness (QED) is 0.00652. The number of fused-ring (bicyclic) bond motifs is 4. The minimum absolute atomic E-state index is 0. The minimum atomic E-state index is -4.94. The van der Waals surface area contributed by atoms with Crippen LogP contribution in [0.25, 0.3) is 66.8 Å². The normalized spacial score (nSPS) is 11.7. The third-order valence-electron chi connectivity index (χ3n) is 20.3. The van der Waals surface area contributed by atoms with Crippen LogP contribution in [-0.2, 0) is 17.1 Å². The van der Waals surface area contributed by atoms with Gasteiger partial charge in [-0.05, 0) is 140 Å². The van der Waals surface area contributed by atoms with Crippen LogP contribution in [0.5, 0.6) is 0 Å². The Morgan fingerprint density at radius 2 is 0.622 bits per heavy atom. The average molecular weight is 1620 g/mol. The molecule has 0 saturated heterocycles. The van der Waals surface area contributed by atoms with Crippen molar-refractivity contribution in [3.05, 3.63) is 143 Å². The molecular weight excluding hydrogens is 1500 g/mol. The second-order valence-electron chi connectivity index (χ2n) is 28.0. The Kier molecular flexibility index (Phi) is 45.7. The van der Waals surface area contributed by atoms with Gasteiger partial charge < -0.3 is 28.8 Å². The van der Waals surface area contributed by atoms with Crippen molar-refractivity contribution in [3.8, 4) is 44.9 Å². The van der Waals surface area contributed by atoms with Crippen LogP contribution >= 0.6 is 0 Å². The van der Waals surface area contributed by atoms with Crippen molar-refractivity contribution in [1.82, 2.24) is 19.2 Å². The van der Waals surface area contributed by atoms with E-state index >= 15 is 0 Å². The van der Waals surface area contributed by atoms with Gasteiger partial charge in [-0.15, -0.1) is 20.5 Å². The average Bonchev–Trinajstić information content (AvgIpc) is 0.751. The molecule has 20 nitrogen and oxygen atoms in total.